The van der Waals surface area contributed by atoms with Gasteiger partial charge in [-0.3, -0.25) is 4.68 Å². The molecule has 31 heavy (non-hydrogen) atoms. The number of nitrogens with one attached hydrogen (secondary N) is 1. The van der Waals surface area contributed by atoms with Crippen molar-refractivity contribution in [1.82, 2.24) is 29.9 Å². The Balaban J connectivity index is 1.51. The van der Waals surface area contributed by atoms with E-state index in [-0.39, 0.29) is 12.8 Å². The molecule has 1 aliphatic heterocycles. The van der Waals surface area contributed by atoms with Crippen LogP contribution < -0.4 is 11.1 Å². The number of hydrogen-bond acceptors (Lipinski definition) is 6. The van der Waals surface area contributed by atoms with E-state index < -0.39 is 6.09 Å². The molecule has 0 bridgehead atoms. The monoisotopic (exact) mass is 421 g/mol. The molecular weight excluding hydrogens is 398 g/mol. The van der Waals surface area contributed by atoms with E-state index in [1.807, 2.05) is 35.1 Å². The number of carbonyl (C=O) groups is 1. The van der Waals surface area contributed by atoms with Gasteiger partial charge in [0.05, 0.1) is 17.8 Å². The number of nitrogen functional groups attached to an aromatic ring is 1. The molecule has 1 saturated heterocycles. The molecule has 1 amide bonds. The Morgan fingerprint density at radius 2 is 2.19 bits per heavy atom. The topological polar surface area (TPSA) is 133 Å². The highest BCUT2D eigenvalue weighted by atomic mass is 16.5. The van der Waals surface area contributed by atoms with Crippen molar-refractivity contribution < 1.29 is 14.6 Å². The lowest BCUT2D eigenvalue weighted by Gasteiger charge is -2.24. The van der Waals surface area contributed by atoms with E-state index in [1.54, 1.807) is 10.9 Å². The van der Waals surface area contributed by atoms with Gasteiger partial charge in [0.25, 0.3) is 0 Å². The zero-order valence-corrected chi connectivity index (χ0v) is 16.9. The van der Waals surface area contributed by atoms with Crippen LogP contribution in [0, 0.1) is 0 Å². The Bertz CT molecular complexity index is 1260. The molecule has 10 heteroatoms. The van der Waals surface area contributed by atoms with Gasteiger partial charge in [0.1, 0.15) is 5.52 Å². The summed E-state index contributed by atoms with van der Waals surface area (Å²) in [6, 6.07) is 8.04. The van der Waals surface area contributed by atoms with Crippen LogP contribution in [0.5, 0.6) is 0 Å². The largest absolute Gasteiger partial charge is 0.465 e. The third-order valence-electron chi connectivity index (χ3n) is 5.54. The zero-order valence-electron chi connectivity index (χ0n) is 16.9. The molecule has 3 aromatic heterocycles. The molecule has 4 heterocycles. The van der Waals surface area contributed by atoms with Crippen molar-refractivity contribution in [3.05, 3.63) is 36.7 Å². The second-order valence-corrected chi connectivity index (χ2v) is 7.60. The third-order valence-corrected chi connectivity index (χ3v) is 5.54. The molecule has 1 atom stereocenters. The number of anilines is 1. The van der Waals surface area contributed by atoms with Gasteiger partial charge in [0, 0.05) is 41.9 Å². The zero-order chi connectivity index (χ0) is 21.4. The fourth-order valence-corrected chi connectivity index (χ4v) is 4.08. The predicted molar refractivity (Wildman–Crippen MR) is 116 cm³/mol. The van der Waals surface area contributed by atoms with Gasteiger partial charge in [-0.05, 0) is 31.4 Å². The van der Waals surface area contributed by atoms with Gasteiger partial charge >= 0.3 is 6.09 Å². The van der Waals surface area contributed by atoms with E-state index in [1.165, 1.54) is 0 Å². The summed E-state index contributed by atoms with van der Waals surface area (Å²) in [5, 5.41) is 21.9. The van der Waals surface area contributed by atoms with Crippen LogP contribution in [-0.2, 0) is 11.3 Å². The van der Waals surface area contributed by atoms with E-state index >= 15 is 0 Å². The van der Waals surface area contributed by atoms with Gasteiger partial charge in [-0.1, -0.05) is 12.1 Å². The Hall–Kier alpha value is -3.66. The Morgan fingerprint density at radius 1 is 1.29 bits per heavy atom. The molecule has 0 aliphatic carbocycles. The number of aromatic nitrogens is 5. The Kier molecular flexibility index (Phi) is 4.91. The average molecular weight is 421 g/mol. The van der Waals surface area contributed by atoms with Gasteiger partial charge in [-0.15, -0.1) is 0 Å². The first-order valence-electron chi connectivity index (χ1n) is 10.3. The molecule has 1 aromatic carbocycles. The maximum atomic E-state index is 10.7. The van der Waals surface area contributed by atoms with E-state index in [0.29, 0.717) is 17.9 Å². The quantitative estimate of drug-likeness (QED) is 0.451. The number of rotatable bonds is 5. The van der Waals surface area contributed by atoms with Crippen molar-refractivity contribution in [2.75, 3.05) is 18.9 Å². The molecule has 0 spiro atoms. The summed E-state index contributed by atoms with van der Waals surface area (Å²) in [6.45, 7) is 1.41. The first-order chi connectivity index (χ1) is 15.1. The second kappa shape index (κ2) is 7.88. The molecule has 1 fully saturated rings. The summed E-state index contributed by atoms with van der Waals surface area (Å²) in [7, 11) is 0. The van der Waals surface area contributed by atoms with Crippen LogP contribution in [0.3, 0.4) is 0 Å². The lowest BCUT2D eigenvalue weighted by atomic mass is 10.1. The number of amides is 1. The second-order valence-electron chi connectivity index (χ2n) is 7.60. The third kappa shape index (κ3) is 3.66. The van der Waals surface area contributed by atoms with Crippen molar-refractivity contribution in [1.29, 1.82) is 0 Å². The maximum Gasteiger partial charge on any atom is 0.404 e. The number of pyridine rings is 1. The van der Waals surface area contributed by atoms with Crippen LogP contribution in [0.25, 0.3) is 33.1 Å². The van der Waals surface area contributed by atoms with Crippen molar-refractivity contribution in [3.63, 3.8) is 0 Å². The maximum absolute atomic E-state index is 10.7. The molecule has 4 N–H and O–H groups in total. The van der Waals surface area contributed by atoms with Crippen LogP contribution in [0.2, 0.25) is 0 Å². The molecule has 1 unspecified atom stereocenters. The minimum Gasteiger partial charge on any atom is -0.465 e. The van der Waals surface area contributed by atoms with Gasteiger partial charge in [-0.2, -0.15) is 10.2 Å². The summed E-state index contributed by atoms with van der Waals surface area (Å²) in [4.78, 5) is 15.2. The number of nitrogens with two attached hydrogens (primary N) is 1. The van der Waals surface area contributed by atoms with E-state index in [9.17, 15) is 4.79 Å². The van der Waals surface area contributed by atoms with Gasteiger partial charge in [0.15, 0.2) is 12.0 Å². The van der Waals surface area contributed by atoms with Crippen molar-refractivity contribution in [3.8, 4) is 11.3 Å². The highest BCUT2D eigenvalue weighted by Gasteiger charge is 2.20. The van der Waals surface area contributed by atoms with Crippen LogP contribution in [0.15, 0.2) is 36.7 Å². The Labute approximate surface area is 177 Å². The molecule has 1 aliphatic rings. The summed E-state index contributed by atoms with van der Waals surface area (Å²) in [6.07, 6.45) is 5.72. The van der Waals surface area contributed by atoms with Gasteiger partial charge in [-0.25, -0.2) is 14.5 Å². The predicted octanol–water partition coefficient (Wildman–Crippen LogP) is 3.00. The fourth-order valence-electron chi connectivity index (χ4n) is 4.08. The first kappa shape index (κ1) is 19.3. The summed E-state index contributed by atoms with van der Waals surface area (Å²) >= 11 is 0. The van der Waals surface area contributed by atoms with Crippen molar-refractivity contribution >= 4 is 33.7 Å². The highest BCUT2D eigenvalue weighted by molar-refractivity contribution is 6.08. The first-order valence-corrected chi connectivity index (χ1v) is 10.3. The van der Waals surface area contributed by atoms with Crippen LogP contribution >= 0.6 is 0 Å². The number of nitrogens with zero attached hydrogens (tertiary/aromatic N) is 5. The van der Waals surface area contributed by atoms with Crippen LogP contribution in [0.4, 0.5) is 10.6 Å². The molecule has 4 aromatic rings. The minimum absolute atomic E-state index is 0.0485. The summed E-state index contributed by atoms with van der Waals surface area (Å²) < 4.78 is 9.53. The normalized spacial score (nSPS) is 16.7. The smallest absolute Gasteiger partial charge is 0.404 e. The van der Waals surface area contributed by atoms with Crippen LogP contribution in [0.1, 0.15) is 25.5 Å². The standard InChI is InChI=1S/C21H23N7O3/c22-20-19-15(12-27(26-19)9-8-23-21(29)30)14-5-4-13(11-16(14)25-20)17-6-7-24-28(17)18-3-1-2-10-31-18/h4-7,11-12,18,23H,1-3,8-10H2,(H2,22,25)(H,29,30). The lowest BCUT2D eigenvalue weighted by molar-refractivity contribution is -0.0383. The molecule has 0 saturated carbocycles. The highest BCUT2D eigenvalue weighted by Crippen LogP contribution is 2.32. The summed E-state index contributed by atoms with van der Waals surface area (Å²) in [5.41, 5.74) is 9.53. The van der Waals surface area contributed by atoms with Crippen LogP contribution in [-0.4, -0.2) is 48.9 Å². The SMILES string of the molecule is Nc1nc2cc(-c3ccnn3C3CCCCO3)ccc2c2cn(CCNC(=O)O)nc12. The van der Waals surface area contributed by atoms with E-state index in [2.05, 4.69) is 20.5 Å². The number of ether oxygens (including phenoxy) is 1. The molecule has 0 radical (unpaired) electrons. The average Bonchev–Trinajstić information content (AvgIpc) is 3.42. The van der Waals surface area contributed by atoms with E-state index in [4.69, 9.17) is 15.6 Å². The number of fused-ring (bicyclic) bond motifs is 3. The molecular formula is C21H23N7O3. The molecule has 160 valence electrons. The van der Waals surface area contributed by atoms with Gasteiger partial charge < -0.3 is 20.9 Å². The fraction of sp³-hybridized carbons (Fsp3) is 0.333. The Morgan fingerprint density at radius 3 is 3.00 bits per heavy atom. The van der Waals surface area contributed by atoms with Crippen molar-refractivity contribution in [2.45, 2.75) is 32.0 Å². The van der Waals surface area contributed by atoms with Crippen molar-refractivity contribution in [2.24, 2.45) is 0 Å². The minimum atomic E-state index is -1.06. The number of carboxylic acid groups (broad SMARTS) is 1. The lowest BCUT2D eigenvalue weighted by Crippen LogP contribution is -2.25. The molecule has 5 rings (SSSR count). The summed E-state index contributed by atoms with van der Waals surface area (Å²) in [5.74, 6) is 0.341. The molecule has 10 nitrogen and oxygen atoms in total. The number of hydrogen-bond donors (Lipinski definition) is 3. The number of benzene rings is 1. The van der Waals surface area contributed by atoms with E-state index in [0.717, 1.165) is 53.4 Å². The van der Waals surface area contributed by atoms with Gasteiger partial charge in [0.2, 0.25) is 0 Å².